The Bertz CT molecular complexity index is 1090. The van der Waals surface area contributed by atoms with E-state index in [1.807, 2.05) is 0 Å². The van der Waals surface area contributed by atoms with Gasteiger partial charge in [0.1, 0.15) is 10.6 Å². The first kappa shape index (κ1) is 19.1. The summed E-state index contributed by atoms with van der Waals surface area (Å²) in [4.78, 5) is 16.5. The average Bonchev–Trinajstić information content (AvgIpc) is 3.07. The van der Waals surface area contributed by atoms with E-state index in [1.165, 1.54) is 25.3 Å². The van der Waals surface area contributed by atoms with Crippen molar-refractivity contribution in [3.63, 3.8) is 0 Å². The maximum Gasteiger partial charge on any atom is 0.265 e. The van der Waals surface area contributed by atoms with Crippen molar-refractivity contribution < 1.29 is 17.9 Å². The van der Waals surface area contributed by atoms with Crippen LogP contribution in [0.5, 0.6) is 5.75 Å². The Balaban J connectivity index is 1.85. The number of hydrogen-bond acceptors (Lipinski definition) is 5. The maximum atomic E-state index is 12.7. The van der Waals surface area contributed by atoms with Gasteiger partial charge in [-0.15, -0.1) is 0 Å². The zero-order valence-electron chi connectivity index (χ0n) is 14.5. The van der Waals surface area contributed by atoms with Crippen LogP contribution in [0.25, 0.3) is 0 Å². The minimum atomic E-state index is -3.87. The van der Waals surface area contributed by atoms with E-state index in [0.29, 0.717) is 21.5 Å². The molecule has 0 aliphatic rings. The smallest absolute Gasteiger partial charge is 0.265 e. The zero-order chi connectivity index (χ0) is 19.6. The van der Waals surface area contributed by atoms with Crippen LogP contribution in [0, 0.1) is 0 Å². The highest BCUT2D eigenvalue weighted by molar-refractivity contribution is 9.10. The summed E-state index contributed by atoms with van der Waals surface area (Å²) < 4.78 is 35.2. The molecule has 27 heavy (non-hydrogen) atoms. The number of halogens is 1. The molecule has 0 aliphatic carbocycles. The summed E-state index contributed by atoms with van der Waals surface area (Å²) in [6, 6.07) is 10.9. The van der Waals surface area contributed by atoms with E-state index in [2.05, 4.69) is 25.6 Å². The van der Waals surface area contributed by atoms with Crippen LogP contribution >= 0.6 is 15.9 Å². The summed E-state index contributed by atoms with van der Waals surface area (Å²) in [6.07, 6.45) is 3.22. The van der Waals surface area contributed by atoms with Crippen LogP contribution in [-0.2, 0) is 17.1 Å². The Kier molecular flexibility index (Phi) is 5.33. The average molecular weight is 450 g/mol. The minimum absolute atomic E-state index is 0.00698. The SMILES string of the molecule is COc1ccc(Br)cc1S(=O)(=O)Nc1ccc(C(=O)c2nccn2C)cc1. The van der Waals surface area contributed by atoms with Crippen molar-refractivity contribution in [2.24, 2.45) is 7.05 Å². The Morgan fingerprint density at radius 2 is 1.89 bits per heavy atom. The number of sulfonamides is 1. The number of ketones is 1. The number of hydrogen-bond donors (Lipinski definition) is 1. The van der Waals surface area contributed by atoms with Crippen LogP contribution in [-0.4, -0.2) is 30.9 Å². The number of nitrogens with zero attached hydrogens (tertiary/aromatic N) is 2. The molecular formula is C18H16BrN3O4S. The van der Waals surface area contributed by atoms with Crippen LogP contribution in [0.4, 0.5) is 5.69 Å². The molecule has 140 valence electrons. The molecule has 1 aromatic heterocycles. The van der Waals surface area contributed by atoms with Gasteiger partial charge < -0.3 is 9.30 Å². The molecule has 1 N–H and O–H groups in total. The van der Waals surface area contributed by atoms with Crippen molar-refractivity contribution in [3.05, 3.63) is 70.7 Å². The Morgan fingerprint density at radius 1 is 1.19 bits per heavy atom. The van der Waals surface area contributed by atoms with Crippen molar-refractivity contribution in [2.45, 2.75) is 4.90 Å². The fourth-order valence-corrected chi connectivity index (χ4v) is 4.24. The van der Waals surface area contributed by atoms with Crippen molar-refractivity contribution >= 4 is 37.4 Å². The quantitative estimate of drug-likeness (QED) is 0.583. The number of aromatic nitrogens is 2. The molecule has 3 rings (SSSR count). The van der Waals surface area contributed by atoms with Gasteiger partial charge in [0.05, 0.1) is 7.11 Å². The lowest BCUT2D eigenvalue weighted by atomic mass is 10.1. The molecule has 0 unspecified atom stereocenters. The maximum absolute atomic E-state index is 12.7. The number of nitrogens with one attached hydrogen (secondary N) is 1. The normalized spacial score (nSPS) is 11.2. The first-order valence-electron chi connectivity index (χ1n) is 7.80. The van der Waals surface area contributed by atoms with Crippen LogP contribution in [0.3, 0.4) is 0 Å². The number of carbonyl (C=O) groups excluding carboxylic acids is 1. The molecule has 0 atom stereocenters. The Morgan fingerprint density at radius 3 is 2.48 bits per heavy atom. The van der Waals surface area contributed by atoms with Crippen LogP contribution < -0.4 is 9.46 Å². The number of imidazole rings is 1. The van der Waals surface area contributed by atoms with Crippen LogP contribution in [0.15, 0.2) is 64.2 Å². The second-order valence-electron chi connectivity index (χ2n) is 5.67. The van der Waals surface area contributed by atoms with E-state index >= 15 is 0 Å². The summed E-state index contributed by atoms with van der Waals surface area (Å²) in [5, 5.41) is 0. The molecule has 1 heterocycles. The molecule has 0 saturated carbocycles. The molecule has 2 aromatic carbocycles. The summed E-state index contributed by atoms with van der Waals surface area (Å²) in [5.41, 5.74) is 0.737. The van der Waals surface area contributed by atoms with E-state index in [9.17, 15) is 13.2 Å². The number of rotatable bonds is 6. The van der Waals surface area contributed by atoms with Crippen molar-refractivity contribution in [2.75, 3.05) is 11.8 Å². The first-order chi connectivity index (χ1) is 12.8. The number of benzene rings is 2. The lowest BCUT2D eigenvalue weighted by Gasteiger charge is -2.12. The van der Waals surface area contributed by atoms with Gasteiger partial charge >= 0.3 is 0 Å². The lowest BCUT2D eigenvalue weighted by molar-refractivity contribution is 0.102. The van der Waals surface area contributed by atoms with E-state index in [4.69, 9.17) is 4.74 Å². The van der Waals surface area contributed by atoms with Gasteiger partial charge in [-0.1, -0.05) is 15.9 Å². The zero-order valence-corrected chi connectivity index (χ0v) is 16.9. The topological polar surface area (TPSA) is 90.3 Å². The molecule has 0 amide bonds. The minimum Gasteiger partial charge on any atom is -0.495 e. The molecule has 0 spiro atoms. The highest BCUT2D eigenvalue weighted by Gasteiger charge is 2.20. The molecular weight excluding hydrogens is 434 g/mol. The van der Waals surface area contributed by atoms with Gasteiger partial charge in [0.2, 0.25) is 5.78 Å². The highest BCUT2D eigenvalue weighted by Crippen LogP contribution is 2.29. The second kappa shape index (κ2) is 7.53. The number of carbonyl (C=O) groups is 1. The molecule has 9 heteroatoms. The first-order valence-corrected chi connectivity index (χ1v) is 10.1. The number of ether oxygens (including phenoxy) is 1. The van der Waals surface area contributed by atoms with E-state index in [1.54, 1.807) is 48.3 Å². The fraction of sp³-hybridized carbons (Fsp3) is 0.111. The summed E-state index contributed by atoms with van der Waals surface area (Å²) >= 11 is 3.26. The lowest BCUT2D eigenvalue weighted by Crippen LogP contribution is -2.14. The van der Waals surface area contributed by atoms with Crippen molar-refractivity contribution in [3.8, 4) is 5.75 Å². The van der Waals surface area contributed by atoms with Crippen molar-refractivity contribution in [1.82, 2.24) is 9.55 Å². The molecule has 7 nitrogen and oxygen atoms in total. The fourth-order valence-electron chi connectivity index (χ4n) is 2.47. The van der Waals surface area contributed by atoms with Crippen LogP contribution in [0.1, 0.15) is 16.2 Å². The summed E-state index contributed by atoms with van der Waals surface area (Å²) in [5.74, 6) is 0.292. The highest BCUT2D eigenvalue weighted by atomic mass is 79.9. The van der Waals surface area contributed by atoms with Gasteiger partial charge in [-0.3, -0.25) is 9.52 Å². The third kappa shape index (κ3) is 4.04. The largest absolute Gasteiger partial charge is 0.495 e. The number of anilines is 1. The Hall–Kier alpha value is -2.65. The van der Waals surface area contributed by atoms with E-state index < -0.39 is 10.0 Å². The summed E-state index contributed by atoms with van der Waals surface area (Å²) in [6.45, 7) is 0. The third-order valence-electron chi connectivity index (χ3n) is 3.84. The van der Waals surface area contributed by atoms with Gasteiger partial charge in [-0.2, -0.15) is 0 Å². The molecule has 0 radical (unpaired) electrons. The van der Waals surface area contributed by atoms with Gasteiger partial charge in [-0.25, -0.2) is 13.4 Å². The number of methoxy groups -OCH3 is 1. The standard InChI is InChI=1S/C18H16BrN3O4S/c1-22-10-9-20-18(22)17(23)12-3-6-14(7-4-12)21-27(24,25)16-11-13(19)5-8-15(16)26-2/h3-11,21H,1-2H3. The monoisotopic (exact) mass is 449 g/mol. The second-order valence-corrected chi connectivity index (χ2v) is 8.24. The number of aryl methyl sites for hydroxylation is 1. The van der Waals surface area contributed by atoms with Crippen molar-refractivity contribution in [1.29, 1.82) is 0 Å². The Labute approximate surface area is 165 Å². The summed E-state index contributed by atoms with van der Waals surface area (Å²) in [7, 11) is -0.735. The third-order valence-corrected chi connectivity index (χ3v) is 5.73. The van der Waals surface area contributed by atoms with Gasteiger partial charge in [-0.05, 0) is 42.5 Å². The molecule has 0 saturated heterocycles. The predicted molar refractivity (Wildman–Crippen MR) is 105 cm³/mol. The molecule has 0 bridgehead atoms. The molecule has 0 aliphatic heterocycles. The molecule has 3 aromatic rings. The van der Waals surface area contributed by atoms with Crippen LogP contribution in [0.2, 0.25) is 0 Å². The van der Waals surface area contributed by atoms with Gasteiger partial charge in [0.25, 0.3) is 10.0 Å². The van der Waals surface area contributed by atoms with Gasteiger partial charge in [0, 0.05) is 35.2 Å². The van der Waals surface area contributed by atoms with E-state index in [0.717, 1.165) is 0 Å². The van der Waals surface area contributed by atoms with Gasteiger partial charge in [0.15, 0.2) is 5.82 Å². The predicted octanol–water partition coefficient (Wildman–Crippen LogP) is 3.22. The van der Waals surface area contributed by atoms with E-state index in [-0.39, 0.29) is 16.4 Å². The molecule has 0 fully saturated rings.